The molecule has 0 radical (unpaired) electrons. The zero-order chi connectivity index (χ0) is 13.0. The van der Waals surface area contributed by atoms with Crippen molar-refractivity contribution >= 4 is 0 Å². The van der Waals surface area contributed by atoms with E-state index in [2.05, 4.69) is 60.3 Å². The molecular weight excluding hydrogens is 222 g/mol. The van der Waals surface area contributed by atoms with Gasteiger partial charge < -0.3 is 10.3 Å². The molecular formula is C15H21N3. The number of aromatic amines is 1. The molecule has 0 amide bonds. The summed E-state index contributed by atoms with van der Waals surface area (Å²) in [7, 11) is 0. The van der Waals surface area contributed by atoms with Crippen LogP contribution in [0.2, 0.25) is 0 Å². The van der Waals surface area contributed by atoms with Crippen LogP contribution in [0.5, 0.6) is 0 Å². The second-order valence-corrected chi connectivity index (χ2v) is 4.49. The Balaban J connectivity index is 2.23. The van der Waals surface area contributed by atoms with E-state index in [-0.39, 0.29) is 0 Å². The topological polar surface area (TPSA) is 40.7 Å². The standard InChI is InChI=1S/C15H21N3/c1-4-12-6-8-13(9-7-12)15-11(3)17-14(18-15)10-16-5-2/h6-9,16H,4-5,10H2,1-3H3,(H,17,18). The molecule has 0 fully saturated rings. The predicted molar refractivity (Wildman–Crippen MR) is 75.5 cm³/mol. The third-order valence-electron chi connectivity index (χ3n) is 3.11. The lowest BCUT2D eigenvalue weighted by Gasteiger charge is -2.00. The van der Waals surface area contributed by atoms with E-state index in [1.54, 1.807) is 0 Å². The van der Waals surface area contributed by atoms with Gasteiger partial charge in [-0.2, -0.15) is 0 Å². The van der Waals surface area contributed by atoms with Gasteiger partial charge in [-0.1, -0.05) is 38.1 Å². The smallest absolute Gasteiger partial charge is 0.121 e. The summed E-state index contributed by atoms with van der Waals surface area (Å²) in [6.45, 7) is 8.10. The van der Waals surface area contributed by atoms with Gasteiger partial charge in [-0.15, -0.1) is 0 Å². The number of rotatable bonds is 5. The molecule has 0 aliphatic carbocycles. The van der Waals surface area contributed by atoms with Crippen LogP contribution in [0.25, 0.3) is 11.3 Å². The molecule has 0 atom stereocenters. The quantitative estimate of drug-likeness (QED) is 0.847. The van der Waals surface area contributed by atoms with Gasteiger partial charge in [0, 0.05) is 11.3 Å². The van der Waals surface area contributed by atoms with Crippen molar-refractivity contribution in [3.05, 3.63) is 41.3 Å². The third kappa shape index (κ3) is 2.79. The lowest BCUT2D eigenvalue weighted by atomic mass is 10.1. The van der Waals surface area contributed by atoms with Crippen LogP contribution in [0.3, 0.4) is 0 Å². The van der Waals surface area contributed by atoms with Crippen molar-refractivity contribution in [3.63, 3.8) is 0 Å². The first-order valence-corrected chi connectivity index (χ1v) is 6.60. The average molecular weight is 243 g/mol. The third-order valence-corrected chi connectivity index (χ3v) is 3.11. The van der Waals surface area contributed by atoms with Crippen LogP contribution in [0.15, 0.2) is 24.3 Å². The van der Waals surface area contributed by atoms with Gasteiger partial charge in [-0.05, 0) is 25.5 Å². The number of imidazole rings is 1. The fourth-order valence-corrected chi connectivity index (χ4v) is 2.03. The highest BCUT2D eigenvalue weighted by Crippen LogP contribution is 2.21. The number of hydrogen-bond acceptors (Lipinski definition) is 2. The summed E-state index contributed by atoms with van der Waals surface area (Å²) in [4.78, 5) is 7.99. The maximum Gasteiger partial charge on any atom is 0.121 e. The van der Waals surface area contributed by atoms with Gasteiger partial charge in [0.1, 0.15) is 5.82 Å². The number of aryl methyl sites for hydroxylation is 2. The van der Waals surface area contributed by atoms with Crippen molar-refractivity contribution in [3.8, 4) is 11.3 Å². The normalized spacial score (nSPS) is 10.8. The fraction of sp³-hybridized carbons (Fsp3) is 0.400. The minimum absolute atomic E-state index is 0.796. The Morgan fingerprint density at radius 3 is 2.50 bits per heavy atom. The van der Waals surface area contributed by atoms with Gasteiger partial charge in [-0.3, -0.25) is 0 Å². The second-order valence-electron chi connectivity index (χ2n) is 4.49. The summed E-state index contributed by atoms with van der Waals surface area (Å²) in [5, 5.41) is 3.28. The van der Waals surface area contributed by atoms with Crippen LogP contribution in [0.1, 0.15) is 30.9 Å². The fourth-order valence-electron chi connectivity index (χ4n) is 2.03. The molecule has 0 unspecified atom stereocenters. The van der Waals surface area contributed by atoms with E-state index in [0.717, 1.165) is 36.7 Å². The molecule has 0 aliphatic rings. The molecule has 0 bridgehead atoms. The molecule has 0 spiro atoms. The Hall–Kier alpha value is -1.61. The minimum Gasteiger partial charge on any atom is -0.344 e. The summed E-state index contributed by atoms with van der Waals surface area (Å²) in [5.74, 6) is 1.00. The summed E-state index contributed by atoms with van der Waals surface area (Å²) in [5.41, 5.74) is 4.74. The number of nitrogens with one attached hydrogen (secondary N) is 2. The molecule has 3 heteroatoms. The largest absolute Gasteiger partial charge is 0.344 e. The number of aromatic nitrogens is 2. The van der Waals surface area contributed by atoms with Crippen molar-refractivity contribution < 1.29 is 0 Å². The van der Waals surface area contributed by atoms with E-state index >= 15 is 0 Å². The molecule has 18 heavy (non-hydrogen) atoms. The van der Waals surface area contributed by atoms with Gasteiger partial charge in [0.05, 0.1) is 12.2 Å². The highest BCUT2D eigenvalue weighted by molar-refractivity contribution is 5.62. The first-order valence-electron chi connectivity index (χ1n) is 6.60. The maximum absolute atomic E-state index is 4.65. The Labute approximate surface area is 109 Å². The summed E-state index contributed by atoms with van der Waals surface area (Å²) < 4.78 is 0. The summed E-state index contributed by atoms with van der Waals surface area (Å²) >= 11 is 0. The lowest BCUT2D eigenvalue weighted by molar-refractivity contribution is 0.697. The predicted octanol–water partition coefficient (Wildman–Crippen LogP) is 3.06. The van der Waals surface area contributed by atoms with Crippen LogP contribution in [-0.4, -0.2) is 16.5 Å². The van der Waals surface area contributed by atoms with E-state index in [0.29, 0.717) is 0 Å². The number of benzene rings is 1. The second kappa shape index (κ2) is 5.83. The minimum atomic E-state index is 0.796. The summed E-state index contributed by atoms with van der Waals surface area (Å²) in [6, 6.07) is 8.65. The molecule has 2 aromatic rings. The average Bonchev–Trinajstić information content (AvgIpc) is 2.78. The molecule has 1 aromatic heterocycles. The van der Waals surface area contributed by atoms with E-state index < -0.39 is 0 Å². The van der Waals surface area contributed by atoms with Gasteiger partial charge >= 0.3 is 0 Å². The molecule has 0 aliphatic heterocycles. The SMILES string of the molecule is CCNCc1nc(-c2ccc(CC)cc2)c(C)[nH]1. The Morgan fingerprint density at radius 1 is 1.17 bits per heavy atom. The monoisotopic (exact) mass is 243 g/mol. The number of nitrogens with zero attached hydrogens (tertiary/aromatic N) is 1. The van der Waals surface area contributed by atoms with Crippen LogP contribution in [0.4, 0.5) is 0 Å². The van der Waals surface area contributed by atoms with Gasteiger partial charge in [0.25, 0.3) is 0 Å². The molecule has 96 valence electrons. The molecule has 1 aromatic carbocycles. The molecule has 0 saturated carbocycles. The summed E-state index contributed by atoms with van der Waals surface area (Å²) in [6.07, 6.45) is 1.07. The first-order chi connectivity index (χ1) is 8.74. The van der Waals surface area contributed by atoms with Crippen molar-refractivity contribution in [2.45, 2.75) is 33.7 Å². The lowest BCUT2D eigenvalue weighted by Crippen LogP contribution is -2.12. The van der Waals surface area contributed by atoms with Crippen molar-refractivity contribution in [2.24, 2.45) is 0 Å². The zero-order valence-electron chi connectivity index (χ0n) is 11.4. The Bertz CT molecular complexity index is 497. The van der Waals surface area contributed by atoms with Crippen LogP contribution < -0.4 is 5.32 Å². The highest BCUT2D eigenvalue weighted by atomic mass is 15.0. The van der Waals surface area contributed by atoms with Crippen molar-refractivity contribution in [1.82, 2.24) is 15.3 Å². The zero-order valence-corrected chi connectivity index (χ0v) is 11.4. The van der Waals surface area contributed by atoms with Crippen LogP contribution in [0, 0.1) is 6.92 Å². The molecule has 0 saturated heterocycles. The Morgan fingerprint density at radius 2 is 1.89 bits per heavy atom. The van der Waals surface area contributed by atoms with E-state index in [1.807, 2.05) is 0 Å². The molecule has 1 heterocycles. The van der Waals surface area contributed by atoms with Gasteiger partial charge in [0.2, 0.25) is 0 Å². The van der Waals surface area contributed by atoms with E-state index in [4.69, 9.17) is 0 Å². The maximum atomic E-state index is 4.65. The van der Waals surface area contributed by atoms with Crippen molar-refractivity contribution in [2.75, 3.05) is 6.54 Å². The highest BCUT2D eigenvalue weighted by Gasteiger charge is 2.08. The number of hydrogen-bond donors (Lipinski definition) is 2. The van der Waals surface area contributed by atoms with Crippen LogP contribution >= 0.6 is 0 Å². The first kappa shape index (κ1) is 12.8. The van der Waals surface area contributed by atoms with Crippen LogP contribution in [-0.2, 0) is 13.0 Å². The van der Waals surface area contributed by atoms with Gasteiger partial charge in [0.15, 0.2) is 0 Å². The Kier molecular flexibility index (Phi) is 4.15. The van der Waals surface area contributed by atoms with E-state index in [1.165, 1.54) is 11.1 Å². The molecule has 3 nitrogen and oxygen atoms in total. The number of H-pyrrole nitrogens is 1. The molecule has 2 rings (SSSR count). The van der Waals surface area contributed by atoms with Crippen molar-refractivity contribution in [1.29, 1.82) is 0 Å². The van der Waals surface area contributed by atoms with E-state index in [9.17, 15) is 0 Å². The molecule has 2 N–H and O–H groups in total. The van der Waals surface area contributed by atoms with Gasteiger partial charge in [-0.25, -0.2) is 4.98 Å².